The van der Waals surface area contributed by atoms with Crippen LogP contribution in [0.15, 0.2) is 36.4 Å². The molecular weight excluding hydrogens is 328 g/mol. The van der Waals surface area contributed by atoms with Crippen molar-refractivity contribution in [2.75, 3.05) is 18.0 Å². The van der Waals surface area contributed by atoms with E-state index < -0.39 is 0 Å². The summed E-state index contributed by atoms with van der Waals surface area (Å²) in [7, 11) is 0. The maximum absolute atomic E-state index is 12.5. The van der Waals surface area contributed by atoms with Crippen LogP contribution in [-0.4, -0.2) is 39.2 Å². The molecule has 0 saturated carbocycles. The molecule has 134 valence electrons. The van der Waals surface area contributed by atoms with Crippen molar-refractivity contribution in [1.82, 2.24) is 25.5 Å². The molecule has 0 spiro atoms. The van der Waals surface area contributed by atoms with Gasteiger partial charge in [-0.15, -0.1) is 5.10 Å². The Bertz CT molecular complexity index is 863. The van der Waals surface area contributed by atoms with Crippen molar-refractivity contribution < 1.29 is 4.79 Å². The van der Waals surface area contributed by atoms with Crippen LogP contribution in [0, 0.1) is 12.8 Å². The maximum atomic E-state index is 12.5. The molecule has 1 saturated heterocycles. The van der Waals surface area contributed by atoms with Crippen molar-refractivity contribution in [1.29, 1.82) is 0 Å². The fraction of sp³-hybridized carbons (Fsp3) is 0.368. The van der Waals surface area contributed by atoms with E-state index >= 15 is 0 Å². The van der Waals surface area contributed by atoms with Crippen molar-refractivity contribution >= 4 is 22.8 Å². The molecule has 0 radical (unpaired) electrons. The molecule has 1 amide bonds. The number of nitrogens with one attached hydrogen (secondary N) is 2. The highest BCUT2D eigenvalue weighted by atomic mass is 16.1. The zero-order valence-electron chi connectivity index (χ0n) is 14.8. The summed E-state index contributed by atoms with van der Waals surface area (Å²) in [5.41, 5.74) is 2.82. The lowest BCUT2D eigenvalue weighted by Gasteiger charge is -2.31. The van der Waals surface area contributed by atoms with Crippen LogP contribution >= 0.6 is 0 Å². The Balaban J connectivity index is 1.30. The number of rotatable bonds is 4. The molecule has 3 heterocycles. The third-order valence-electron chi connectivity index (χ3n) is 4.84. The summed E-state index contributed by atoms with van der Waals surface area (Å²) in [5, 5.41) is 11.4. The lowest BCUT2D eigenvalue weighted by Crippen LogP contribution is -2.40. The van der Waals surface area contributed by atoms with Gasteiger partial charge in [-0.05, 0) is 44.0 Å². The van der Waals surface area contributed by atoms with Gasteiger partial charge in [0.2, 0.25) is 5.91 Å². The number of fused-ring (bicyclic) bond motifs is 1. The number of imidazole rings is 1. The van der Waals surface area contributed by atoms with Crippen molar-refractivity contribution in [3.05, 3.63) is 47.9 Å². The van der Waals surface area contributed by atoms with Gasteiger partial charge in [0.1, 0.15) is 5.82 Å². The SMILES string of the molecule is Cc1ccc(N2CCC(C(=O)NCc3nc4ccccc4[nH]3)CC2)nn1. The lowest BCUT2D eigenvalue weighted by molar-refractivity contribution is -0.125. The molecule has 26 heavy (non-hydrogen) atoms. The highest BCUT2D eigenvalue weighted by Crippen LogP contribution is 2.21. The second-order valence-electron chi connectivity index (χ2n) is 6.71. The van der Waals surface area contributed by atoms with Crippen molar-refractivity contribution in [3.63, 3.8) is 0 Å². The molecule has 1 aromatic carbocycles. The molecule has 2 N–H and O–H groups in total. The zero-order valence-corrected chi connectivity index (χ0v) is 14.8. The zero-order chi connectivity index (χ0) is 17.9. The van der Waals surface area contributed by atoms with Crippen molar-refractivity contribution in [2.45, 2.75) is 26.3 Å². The summed E-state index contributed by atoms with van der Waals surface area (Å²) in [6, 6.07) is 11.8. The molecule has 3 aromatic rings. The van der Waals surface area contributed by atoms with Crippen LogP contribution < -0.4 is 10.2 Å². The number of hydrogen-bond donors (Lipinski definition) is 2. The van der Waals surface area contributed by atoms with Gasteiger partial charge in [-0.1, -0.05) is 12.1 Å². The predicted octanol–water partition coefficient (Wildman–Crippen LogP) is 2.19. The van der Waals surface area contributed by atoms with Crippen LogP contribution in [0.3, 0.4) is 0 Å². The molecule has 0 aliphatic carbocycles. The lowest BCUT2D eigenvalue weighted by atomic mass is 9.96. The molecule has 4 rings (SSSR count). The molecule has 1 fully saturated rings. The predicted molar refractivity (Wildman–Crippen MR) is 99.6 cm³/mol. The Morgan fingerprint density at radius 1 is 1.19 bits per heavy atom. The molecule has 1 aliphatic heterocycles. The van der Waals surface area contributed by atoms with Crippen molar-refractivity contribution in [2.24, 2.45) is 5.92 Å². The Kier molecular flexibility index (Phi) is 4.51. The van der Waals surface area contributed by atoms with E-state index in [0.29, 0.717) is 6.54 Å². The van der Waals surface area contributed by atoms with E-state index in [2.05, 4.69) is 30.4 Å². The van der Waals surface area contributed by atoms with Crippen LogP contribution in [0.25, 0.3) is 11.0 Å². The first-order valence-corrected chi connectivity index (χ1v) is 8.95. The van der Waals surface area contributed by atoms with Gasteiger partial charge >= 0.3 is 0 Å². The Morgan fingerprint density at radius 3 is 2.73 bits per heavy atom. The van der Waals surface area contributed by atoms with E-state index in [4.69, 9.17) is 0 Å². The first kappa shape index (κ1) is 16.5. The number of carbonyl (C=O) groups excluding carboxylic acids is 1. The highest BCUT2D eigenvalue weighted by Gasteiger charge is 2.25. The third kappa shape index (κ3) is 3.51. The minimum Gasteiger partial charge on any atom is -0.355 e. The second-order valence-corrected chi connectivity index (χ2v) is 6.71. The van der Waals surface area contributed by atoms with E-state index in [1.807, 2.05) is 43.3 Å². The Labute approximate surface area is 151 Å². The number of aromatic amines is 1. The summed E-state index contributed by atoms with van der Waals surface area (Å²) in [5.74, 6) is 1.80. The summed E-state index contributed by atoms with van der Waals surface area (Å²) in [6.45, 7) is 3.99. The third-order valence-corrected chi connectivity index (χ3v) is 4.84. The minimum absolute atomic E-state index is 0.0361. The van der Waals surface area contributed by atoms with Gasteiger partial charge in [0.25, 0.3) is 0 Å². The van der Waals surface area contributed by atoms with Gasteiger partial charge in [-0.2, -0.15) is 5.10 Å². The van der Waals surface area contributed by atoms with Crippen LogP contribution in [0.2, 0.25) is 0 Å². The van der Waals surface area contributed by atoms with E-state index in [-0.39, 0.29) is 11.8 Å². The molecule has 2 aromatic heterocycles. The number of aromatic nitrogens is 4. The summed E-state index contributed by atoms with van der Waals surface area (Å²) < 4.78 is 0. The number of para-hydroxylation sites is 2. The average molecular weight is 350 g/mol. The standard InChI is InChI=1S/C19H22N6O/c1-13-6-7-18(24-23-13)25-10-8-14(9-11-25)19(26)20-12-17-21-15-4-2-3-5-16(15)22-17/h2-7,14H,8-12H2,1H3,(H,20,26)(H,21,22). The summed E-state index contributed by atoms with van der Waals surface area (Å²) in [6.07, 6.45) is 1.64. The van der Waals surface area contributed by atoms with Gasteiger partial charge in [0.05, 0.1) is 23.3 Å². The van der Waals surface area contributed by atoms with Crippen LogP contribution in [0.1, 0.15) is 24.4 Å². The number of nitrogens with zero attached hydrogens (tertiary/aromatic N) is 4. The number of benzene rings is 1. The average Bonchev–Trinajstić information content (AvgIpc) is 3.10. The molecule has 0 atom stereocenters. The summed E-state index contributed by atoms with van der Waals surface area (Å²) >= 11 is 0. The monoisotopic (exact) mass is 350 g/mol. The van der Waals surface area contributed by atoms with E-state index in [1.54, 1.807) is 0 Å². The van der Waals surface area contributed by atoms with Crippen LogP contribution in [-0.2, 0) is 11.3 Å². The van der Waals surface area contributed by atoms with Crippen LogP contribution in [0.4, 0.5) is 5.82 Å². The topological polar surface area (TPSA) is 86.8 Å². The van der Waals surface area contributed by atoms with Crippen LogP contribution in [0.5, 0.6) is 0 Å². The number of hydrogen-bond acceptors (Lipinski definition) is 5. The molecule has 7 nitrogen and oxygen atoms in total. The second kappa shape index (κ2) is 7.11. The summed E-state index contributed by atoms with van der Waals surface area (Å²) in [4.78, 5) is 22.4. The molecule has 1 aliphatic rings. The minimum atomic E-state index is 0.0361. The molecule has 7 heteroatoms. The van der Waals surface area contributed by atoms with Gasteiger partial charge in [-0.25, -0.2) is 4.98 Å². The molecule has 0 unspecified atom stereocenters. The smallest absolute Gasteiger partial charge is 0.223 e. The number of anilines is 1. The van der Waals surface area contributed by atoms with Crippen molar-refractivity contribution in [3.8, 4) is 0 Å². The van der Waals surface area contributed by atoms with E-state index in [0.717, 1.165) is 54.3 Å². The highest BCUT2D eigenvalue weighted by molar-refractivity contribution is 5.79. The fourth-order valence-corrected chi connectivity index (χ4v) is 3.34. The van der Waals surface area contributed by atoms with Gasteiger partial charge in [0, 0.05) is 19.0 Å². The number of carbonyl (C=O) groups is 1. The number of aryl methyl sites for hydroxylation is 1. The number of amides is 1. The van der Waals surface area contributed by atoms with Gasteiger partial charge < -0.3 is 15.2 Å². The Hall–Kier alpha value is -2.96. The van der Waals surface area contributed by atoms with E-state index in [1.165, 1.54) is 0 Å². The number of piperidine rings is 1. The molecular formula is C19H22N6O. The van der Waals surface area contributed by atoms with Gasteiger partial charge in [0.15, 0.2) is 5.82 Å². The first-order valence-electron chi connectivity index (χ1n) is 8.95. The number of H-pyrrole nitrogens is 1. The fourth-order valence-electron chi connectivity index (χ4n) is 3.34. The van der Waals surface area contributed by atoms with E-state index in [9.17, 15) is 4.79 Å². The maximum Gasteiger partial charge on any atom is 0.223 e. The Morgan fingerprint density at radius 2 is 2.00 bits per heavy atom. The quantitative estimate of drug-likeness (QED) is 0.753. The largest absolute Gasteiger partial charge is 0.355 e. The van der Waals surface area contributed by atoms with Gasteiger partial charge in [-0.3, -0.25) is 4.79 Å². The normalized spacial score (nSPS) is 15.3. The first-order chi connectivity index (χ1) is 12.7. The molecule has 0 bridgehead atoms.